The van der Waals surface area contributed by atoms with Crippen LogP contribution in [0.15, 0.2) is 60.7 Å². The van der Waals surface area contributed by atoms with Gasteiger partial charge in [0.1, 0.15) is 17.4 Å². The molecule has 168 valence electrons. The van der Waals surface area contributed by atoms with Crippen LogP contribution in [0.2, 0.25) is 0 Å². The van der Waals surface area contributed by atoms with E-state index in [1.807, 2.05) is 45.0 Å². The number of nitrogens with zero attached hydrogens (tertiary/aromatic N) is 2. The molecule has 1 heterocycles. The number of ether oxygens (including phenoxy) is 1. The molecule has 0 aliphatic rings. The molecule has 1 aromatic heterocycles. The number of aromatic carboxylic acids is 1. The molecule has 0 spiro atoms. The average Bonchev–Trinajstić information content (AvgIpc) is 3.09. The van der Waals surface area contributed by atoms with Gasteiger partial charge in [-0.1, -0.05) is 24.3 Å². The summed E-state index contributed by atoms with van der Waals surface area (Å²) in [5, 5.41) is 17.9. The van der Waals surface area contributed by atoms with Crippen molar-refractivity contribution in [1.29, 1.82) is 0 Å². The minimum atomic E-state index is -1.09. The second kappa shape index (κ2) is 8.78. The van der Waals surface area contributed by atoms with Gasteiger partial charge in [0.05, 0.1) is 29.7 Å². The number of aromatic nitrogens is 2. The number of halogens is 1. The first-order chi connectivity index (χ1) is 15.8. The second-order valence-corrected chi connectivity index (χ2v) is 7.81. The van der Waals surface area contributed by atoms with Crippen molar-refractivity contribution in [2.45, 2.75) is 20.8 Å². The number of methoxy groups -OCH3 is 1. The minimum Gasteiger partial charge on any atom is -0.497 e. The zero-order valence-electron chi connectivity index (χ0n) is 18.8. The Bertz CT molecular complexity index is 1360. The van der Waals surface area contributed by atoms with Crippen LogP contribution >= 0.6 is 0 Å². The quantitative estimate of drug-likeness (QED) is 0.378. The van der Waals surface area contributed by atoms with Gasteiger partial charge >= 0.3 is 5.97 Å². The zero-order chi connectivity index (χ0) is 23.7. The zero-order valence-corrected chi connectivity index (χ0v) is 18.8. The van der Waals surface area contributed by atoms with Gasteiger partial charge in [-0.2, -0.15) is 5.10 Å². The fourth-order valence-corrected chi connectivity index (χ4v) is 3.91. The van der Waals surface area contributed by atoms with E-state index in [0.717, 1.165) is 33.6 Å². The average molecular weight is 445 g/mol. The molecule has 0 bridgehead atoms. The van der Waals surface area contributed by atoms with E-state index < -0.39 is 5.97 Å². The molecule has 7 heteroatoms. The Hall–Kier alpha value is -4.13. The predicted octanol–water partition coefficient (Wildman–Crippen LogP) is 6.05. The van der Waals surface area contributed by atoms with E-state index in [1.54, 1.807) is 22.9 Å². The number of benzene rings is 3. The number of hydrogen-bond donors (Lipinski definition) is 2. The van der Waals surface area contributed by atoms with Crippen molar-refractivity contribution in [3.8, 4) is 22.6 Å². The molecule has 0 saturated carbocycles. The maximum absolute atomic E-state index is 13.8. The molecule has 0 amide bonds. The maximum Gasteiger partial charge on any atom is 0.337 e. The molecule has 0 fully saturated rings. The van der Waals surface area contributed by atoms with Gasteiger partial charge < -0.3 is 15.2 Å². The largest absolute Gasteiger partial charge is 0.497 e. The van der Waals surface area contributed by atoms with Crippen molar-refractivity contribution in [2.24, 2.45) is 0 Å². The van der Waals surface area contributed by atoms with Crippen LogP contribution in [0.25, 0.3) is 16.8 Å². The first kappa shape index (κ1) is 22.1. The van der Waals surface area contributed by atoms with Crippen LogP contribution in [0.1, 0.15) is 27.2 Å². The lowest BCUT2D eigenvalue weighted by Gasteiger charge is -2.16. The highest BCUT2D eigenvalue weighted by Crippen LogP contribution is 2.38. The fraction of sp³-hybridized carbons (Fsp3) is 0.154. The van der Waals surface area contributed by atoms with Gasteiger partial charge in [-0.25, -0.2) is 13.9 Å². The molecule has 0 unspecified atom stereocenters. The Morgan fingerprint density at radius 1 is 1.03 bits per heavy atom. The number of carboxylic acids is 1. The molecule has 3 aromatic carbocycles. The molecule has 2 N–H and O–H groups in total. The van der Waals surface area contributed by atoms with Gasteiger partial charge in [-0.3, -0.25) is 0 Å². The second-order valence-electron chi connectivity index (χ2n) is 7.81. The summed E-state index contributed by atoms with van der Waals surface area (Å²) in [7, 11) is 1.49. The van der Waals surface area contributed by atoms with Gasteiger partial charge in [-0.05, 0) is 73.9 Å². The van der Waals surface area contributed by atoms with Crippen LogP contribution < -0.4 is 10.1 Å². The number of para-hydroxylation sites is 1. The van der Waals surface area contributed by atoms with Crippen LogP contribution in [-0.4, -0.2) is 28.0 Å². The highest BCUT2D eigenvalue weighted by Gasteiger charge is 2.22. The summed E-state index contributed by atoms with van der Waals surface area (Å²) in [5.41, 5.74) is 5.34. The number of aryl methyl sites for hydroxylation is 3. The van der Waals surface area contributed by atoms with E-state index in [0.29, 0.717) is 17.3 Å². The molecule has 33 heavy (non-hydrogen) atoms. The SMILES string of the molecule is COc1ccc(Nc2c(-c3ccc(F)cc3C)c(C)nn2-c2ccccc2C)c(C(=O)O)c1. The first-order valence-corrected chi connectivity index (χ1v) is 10.4. The summed E-state index contributed by atoms with van der Waals surface area (Å²) in [6.45, 7) is 5.70. The van der Waals surface area contributed by atoms with Crippen molar-refractivity contribution >= 4 is 17.5 Å². The molecule has 6 nitrogen and oxygen atoms in total. The fourth-order valence-electron chi connectivity index (χ4n) is 3.91. The topological polar surface area (TPSA) is 76.4 Å². The van der Waals surface area contributed by atoms with Crippen LogP contribution in [0.5, 0.6) is 5.75 Å². The van der Waals surface area contributed by atoms with Crippen molar-refractivity contribution in [2.75, 3.05) is 12.4 Å². The normalized spacial score (nSPS) is 10.8. The van der Waals surface area contributed by atoms with Gasteiger partial charge in [-0.15, -0.1) is 0 Å². The number of carbonyl (C=O) groups is 1. The summed E-state index contributed by atoms with van der Waals surface area (Å²) in [5.74, 6) is -0.382. The van der Waals surface area contributed by atoms with E-state index >= 15 is 0 Å². The Balaban J connectivity index is 1.98. The molecule has 0 aliphatic carbocycles. The van der Waals surface area contributed by atoms with Gasteiger partial charge in [0.25, 0.3) is 0 Å². The van der Waals surface area contributed by atoms with E-state index in [2.05, 4.69) is 5.32 Å². The Morgan fingerprint density at radius 2 is 1.79 bits per heavy atom. The monoisotopic (exact) mass is 445 g/mol. The van der Waals surface area contributed by atoms with Crippen molar-refractivity contribution < 1.29 is 19.0 Å². The first-order valence-electron chi connectivity index (χ1n) is 10.4. The molecule has 4 rings (SSSR count). The third-order valence-electron chi connectivity index (χ3n) is 5.57. The van der Waals surface area contributed by atoms with Crippen molar-refractivity contribution in [3.05, 3.63) is 88.9 Å². The lowest BCUT2D eigenvalue weighted by molar-refractivity contribution is 0.0697. The van der Waals surface area contributed by atoms with Crippen molar-refractivity contribution in [1.82, 2.24) is 9.78 Å². The van der Waals surface area contributed by atoms with Crippen LogP contribution in [0.3, 0.4) is 0 Å². The predicted molar refractivity (Wildman–Crippen MR) is 126 cm³/mol. The molecular weight excluding hydrogens is 421 g/mol. The summed E-state index contributed by atoms with van der Waals surface area (Å²) in [4.78, 5) is 12.0. The molecule has 0 radical (unpaired) electrons. The number of anilines is 2. The van der Waals surface area contributed by atoms with E-state index in [4.69, 9.17) is 9.84 Å². The maximum atomic E-state index is 13.8. The van der Waals surface area contributed by atoms with Crippen LogP contribution in [0, 0.1) is 26.6 Å². The summed E-state index contributed by atoms with van der Waals surface area (Å²) >= 11 is 0. The van der Waals surface area contributed by atoms with E-state index in [9.17, 15) is 14.3 Å². The molecule has 0 aliphatic heterocycles. The molecule has 0 atom stereocenters. The van der Waals surface area contributed by atoms with Gasteiger partial charge in [0.2, 0.25) is 0 Å². The highest BCUT2D eigenvalue weighted by atomic mass is 19.1. The number of hydrogen-bond acceptors (Lipinski definition) is 4. The van der Waals surface area contributed by atoms with E-state index in [-0.39, 0.29) is 11.4 Å². The van der Waals surface area contributed by atoms with Gasteiger partial charge in [0, 0.05) is 5.56 Å². The molecular formula is C26H24FN3O3. The Morgan fingerprint density at radius 3 is 2.45 bits per heavy atom. The standard InChI is InChI=1S/C26H24FN3O3/c1-15-7-5-6-8-23(15)30-25(28-22-12-10-19(33-4)14-21(22)26(31)32)24(17(3)29-30)20-11-9-18(27)13-16(20)2/h5-14,28H,1-4H3,(H,31,32). The lowest BCUT2D eigenvalue weighted by atomic mass is 10.00. The lowest BCUT2D eigenvalue weighted by Crippen LogP contribution is -2.08. The van der Waals surface area contributed by atoms with Gasteiger partial charge in [0.15, 0.2) is 0 Å². The Labute approximate surface area is 191 Å². The third-order valence-corrected chi connectivity index (χ3v) is 5.57. The summed E-state index contributed by atoms with van der Waals surface area (Å²) < 4.78 is 20.8. The third kappa shape index (κ3) is 4.17. The summed E-state index contributed by atoms with van der Waals surface area (Å²) in [6, 6.07) is 17.2. The Kier molecular flexibility index (Phi) is 5.87. The smallest absolute Gasteiger partial charge is 0.337 e. The highest BCUT2D eigenvalue weighted by molar-refractivity contribution is 5.97. The number of carboxylic acid groups (broad SMARTS) is 1. The van der Waals surface area contributed by atoms with Crippen LogP contribution in [0.4, 0.5) is 15.9 Å². The number of nitrogens with one attached hydrogen (secondary N) is 1. The molecule has 0 saturated heterocycles. The number of rotatable bonds is 6. The van der Waals surface area contributed by atoms with Crippen molar-refractivity contribution in [3.63, 3.8) is 0 Å². The van der Waals surface area contributed by atoms with E-state index in [1.165, 1.54) is 25.3 Å². The summed E-state index contributed by atoms with van der Waals surface area (Å²) in [6.07, 6.45) is 0. The van der Waals surface area contributed by atoms with Crippen LogP contribution in [-0.2, 0) is 0 Å². The minimum absolute atomic E-state index is 0.0614. The molecule has 4 aromatic rings.